The van der Waals surface area contributed by atoms with Gasteiger partial charge in [-0.25, -0.2) is 0 Å². The quantitative estimate of drug-likeness (QED) is 0.865. The van der Waals surface area contributed by atoms with Crippen LogP contribution in [-0.4, -0.2) is 18.3 Å². The molecule has 0 amide bonds. The van der Waals surface area contributed by atoms with Gasteiger partial charge >= 0.3 is 0 Å². The van der Waals surface area contributed by atoms with E-state index in [1.165, 1.54) is 19.3 Å². The molecule has 2 atom stereocenters. The van der Waals surface area contributed by atoms with Gasteiger partial charge in [-0.1, -0.05) is 36.0 Å². The molecule has 106 valence electrons. The van der Waals surface area contributed by atoms with Gasteiger partial charge in [-0.05, 0) is 55.0 Å². The summed E-state index contributed by atoms with van der Waals surface area (Å²) in [6.07, 6.45) is 4.89. The first kappa shape index (κ1) is 15.1. The molecule has 0 saturated heterocycles. The molecule has 19 heavy (non-hydrogen) atoms. The number of rotatable bonds is 5. The minimum Gasteiger partial charge on any atom is -0.396 e. The minimum atomic E-state index is 0.310. The number of aliphatic hydroxyl groups is 1. The van der Waals surface area contributed by atoms with E-state index in [1.807, 2.05) is 12.1 Å². The second-order valence-electron chi connectivity index (χ2n) is 5.35. The second-order valence-corrected chi connectivity index (χ2v) is 6.20. The molecule has 1 fully saturated rings. The molecule has 1 aliphatic rings. The lowest BCUT2D eigenvalue weighted by Gasteiger charge is -2.30. The van der Waals surface area contributed by atoms with Gasteiger partial charge in [0, 0.05) is 23.2 Å². The van der Waals surface area contributed by atoms with E-state index in [9.17, 15) is 5.11 Å². The van der Waals surface area contributed by atoms with Gasteiger partial charge in [0.25, 0.3) is 0 Å². The summed E-state index contributed by atoms with van der Waals surface area (Å²) in [5.74, 6) is 1.03. The fraction of sp³-hybridized carbons (Fsp3) is 0.600. The molecule has 0 aliphatic heterocycles. The lowest BCUT2D eigenvalue weighted by Crippen LogP contribution is -2.32. The SMILES string of the molecule is OCC1CCCCC1CNCc1cc(Cl)ccc1Cl. The van der Waals surface area contributed by atoms with Crippen LogP contribution in [0.5, 0.6) is 0 Å². The van der Waals surface area contributed by atoms with Crippen LogP contribution in [0.2, 0.25) is 10.0 Å². The molecule has 2 nitrogen and oxygen atoms in total. The molecule has 1 aliphatic carbocycles. The summed E-state index contributed by atoms with van der Waals surface area (Å²) >= 11 is 12.1. The van der Waals surface area contributed by atoms with Crippen molar-refractivity contribution in [2.24, 2.45) is 11.8 Å². The van der Waals surface area contributed by atoms with Crippen molar-refractivity contribution in [3.63, 3.8) is 0 Å². The molecule has 0 radical (unpaired) electrons. The van der Waals surface area contributed by atoms with Crippen LogP contribution in [0.3, 0.4) is 0 Å². The highest BCUT2D eigenvalue weighted by atomic mass is 35.5. The number of hydrogen-bond donors (Lipinski definition) is 2. The Morgan fingerprint density at radius 2 is 1.89 bits per heavy atom. The zero-order chi connectivity index (χ0) is 13.7. The van der Waals surface area contributed by atoms with Crippen molar-refractivity contribution in [2.45, 2.75) is 32.2 Å². The van der Waals surface area contributed by atoms with Crippen molar-refractivity contribution in [1.29, 1.82) is 0 Å². The molecule has 1 saturated carbocycles. The van der Waals surface area contributed by atoms with Crippen LogP contribution in [0.15, 0.2) is 18.2 Å². The highest BCUT2D eigenvalue weighted by molar-refractivity contribution is 6.33. The van der Waals surface area contributed by atoms with E-state index in [-0.39, 0.29) is 0 Å². The Kier molecular flexibility index (Phi) is 5.96. The highest BCUT2D eigenvalue weighted by Crippen LogP contribution is 2.29. The average molecular weight is 302 g/mol. The molecule has 2 unspecified atom stereocenters. The summed E-state index contributed by atoms with van der Waals surface area (Å²) in [4.78, 5) is 0. The van der Waals surface area contributed by atoms with Crippen LogP contribution in [0.25, 0.3) is 0 Å². The number of aliphatic hydroxyl groups excluding tert-OH is 1. The summed E-state index contributed by atoms with van der Waals surface area (Å²) < 4.78 is 0. The van der Waals surface area contributed by atoms with E-state index in [2.05, 4.69) is 5.32 Å². The smallest absolute Gasteiger partial charge is 0.0462 e. The Bertz CT molecular complexity index is 411. The third-order valence-electron chi connectivity index (χ3n) is 4.03. The van der Waals surface area contributed by atoms with Gasteiger partial charge in [0.2, 0.25) is 0 Å². The standard InChI is InChI=1S/C15H21Cl2NO/c16-14-5-6-15(17)13(7-14)9-18-8-11-3-1-2-4-12(11)10-19/h5-7,11-12,18-19H,1-4,8-10H2. The van der Waals surface area contributed by atoms with Crippen LogP contribution in [-0.2, 0) is 6.54 Å². The maximum absolute atomic E-state index is 9.39. The maximum Gasteiger partial charge on any atom is 0.0462 e. The first-order valence-corrected chi connectivity index (χ1v) is 7.72. The van der Waals surface area contributed by atoms with Gasteiger partial charge in [-0.15, -0.1) is 0 Å². The van der Waals surface area contributed by atoms with Gasteiger partial charge in [0.15, 0.2) is 0 Å². The van der Waals surface area contributed by atoms with E-state index in [4.69, 9.17) is 23.2 Å². The molecule has 0 heterocycles. The highest BCUT2D eigenvalue weighted by Gasteiger charge is 2.23. The van der Waals surface area contributed by atoms with Crippen molar-refractivity contribution < 1.29 is 5.11 Å². The normalized spacial score (nSPS) is 23.5. The Morgan fingerprint density at radius 1 is 1.16 bits per heavy atom. The van der Waals surface area contributed by atoms with Crippen LogP contribution in [0, 0.1) is 11.8 Å². The van der Waals surface area contributed by atoms with E-state index in [1.54, 1.807) is 6.07 Å². The Balaban J connectivity index is 1.83. The molecule has 0 aromatic heterocycles. The van der Waals surface area contributed by atoms with Crippen LogP contribution in [0.4, 0.5) is 0 Å². The summed E-state index contributed by atoms with van der Waals surface area (Å²) in [6.45, 7) is 1.98. The fourth-order valence-electron chi connectivity index (χ4n) is 2.86. The summed E-state index contributed by atoms with van der Waals surface area (Å²) in [5.41, 5.74) is 1.03. The molecule has 0 spiro atoms. The van der Waals surface area contributed by atoms with E-state index >= 15 is 0 Å². The third-order valence-corrected chi connectivity index (χ3v) is 4.63. The van der Waals surface area contributed by atoms with Crippen molar-refractivity contribution in [1.82, 2.24) is 5.32 Å². The maximum atomic E-state index is 9.39. The molecule has 2 N–H and O–H groups in total. The minimum absolute atomic E-state index is 0.310. The molecule has 4 heteroatoms. The predicted octanol–water partition coefficient (Wildman–Crippen LogP) is 3.88. The zero-order valence-electron chi connectivity index (χ0n) is 11.0. The number of hydrogen-bond acceptors (Lipinski definition) is 2. The van der Waals surface area contributed by atoms with E-state index < -0.39 is 0 Å². The monoisotopic (exact) mass is 301 g/mol. The molecular weight excluding hydrogens is 281 g/mol. The average Bonchev–Trinajstić information content (AvgIpc) is 2.43. The van der Waals surface area contributed by atoms with Crippen molar-refractivity contribution in [3.05, 3.63) is 33.8 Å². The molecule has 1 aromatic rings. The van der Waals surface area contributed by atoms with Crippen LogP contribution >= 0.6 is 23.2 Å². The summed E-state index contributed by atoms with van der Waals surface area (Å²) in [7, 11) is 0. The number of benzene rings is 1. The van der Waals surface area contributed by atoms with Gasteiger partial charge in [0.05, 0.1) is 0 Å². The Morgan fingerprint density at radius 3 is 2.63 bits per heavy atom. The van der Waals surface area contributed by atoms with E-state index in [0.29, 0.717) is 23.5 Å². The molecular formula is C15H21Cl2NO. The van der Waals surface area contributed by atoms with Crippen molar-refractivity contribution in [2.75, 3.05) is 13.2 Å². The second kappa shape index (κ2) is 7.49. The first-order chi connectivity index (χ1) is 9.20. The number of halogens is 2. The predicted molar refractivity (Wildman–Crippen MR) is 80.7 cm³/mol. The molecule has 2 rings (SSSR count). The van der Waals surface area contributed by atoms with Crippen LogP contribution < -0.4 is 5.32 Å². The number of nitrogens with one attached hydrogen (secondary N) is 1. The van der Waals surface area contributed by atoms with Gasteiger partial charge in [-0.3, -0.25) is 0 Å². The summed E-state index contributed by atoms with van der Waals surface area (Å²) in [6, 6.07) is 5.54. The van der Waals surface area contributed by atoms with Gasteiger partial charge in [0.1, 0.15) is 0 Å². The zero-order valence-corrected chi connectivity index (χ0v) is 12.6. The largest absolute Gasteiger partial charge is 0.396 e. The third kappa shape index (κ3) is 4.35. The molecule has 0 bridgehead atoms. The lowest BCUT2D eigenvalue weighted by atomic mass is 9.79. The first-order valence-electron chi connectivity index (χ1n) is 6.96. The van der Waals surface area contributed by atoms with Crippen LogP contribution in [0.1, 0.15) is 31.2 Å². The Labute approximate surface area is 125 Å². The molecule has 1 aromatic carbocycles. The topological polar surface area (TPSA) is 32.3 Å². The van der Waals surface area contributed by atoms with Crippen molar-refractivity contribution in [3.8, 4) is 0 Å². The summed E-state index contributed by atoms with van der Waals surface area (Å²) in [5, 5.41) is 14.3. The lowest BCUT2D eigenvalue weighted by molar-refractivity contribution is 0.133. The van der Waals surface area contributed by atoms with E-state index in [0.717, 1.165) is 30.1 Å². The fourth-order valence-corrected chi connectivity index (χ4v) is 3.24. The Hall–Kier alpha value is -0.280. The van der Waals surface area contributed by atoms with Gasteiger partial charge in [-0.2, -0.15) is 0 Å². The van der Waals surface area contributed by atoms with Crippen molar-refractivity contribution >= 4 is 23.2 Å². The van der Waals surface area contributed by atoms with Gasteiger partial charge < -0.3 is 10.4 Å².